The molecular weight excluding hydrogens is 674 g/mol. The third kappa shape index (κ3) is 9.25. The van der Waals surface area contributed by atoms with Crippen molar-refractivity contribution in [2.24, 2.45) is 0 Å². The van der Waals surface area contributed by atoms with E-state index in [1.807, 2.05) is 36.4 Å². The molecule has 5 rings (SSSR count). The fourth-order valence-corrected chi connectivity index (χ4v) is 6.17. The van der Waals surface area contributed by atoms with Crippen LogP contribution in [-0.2, 0) is 9.59 Å². The van der Waals surface area contributed by atoms with Crippen molar-refractivity contribution in [3.8, 4) is 17.2 Å². The monoisotopic (exact) mass is 707 g/mol. The van der Waals surface area contributed by atoms with Crippen molar-refractivity contribution in [2.75, 3.05) is 32.0 Å². The van der Waals surface area contributed by atoms with Crippen LogP contribution in [0.15, 0.2) is 132 Å². The molecule has 0 aromatic heterocycles. The van der Waals surface area contributed by atoms with Crippen LogP contribution in [0.25, 0.3) is 6.08 Å². The van der Waals surface area contributed by atoms with E-state index < -0.39 is 17.1 Å². The second-order valence-electron chi connectivity index (χ2n) is 10.7. The van der Waals surface area contributed by atoms with Gasteiger partial charge >= 0.3 is 0 Å². The number of hydrogen-bond acceptors (Lipinski definition) is 7. The topological polar surface area (TPSA) is 115 Å². The Labute approximate surface area is 299 Å². The number of ether oxygens (including phenoxy) is 3. The summed E-state index contributed by atoms with van der Waals surface area (Å²) in [5.74, 6) is 0.153. The van der Waals surface area contributed by atoms with Crippen LogP contribution in [0.5, 0.6) is 17.2 Å². The number of hydrogen-bond donors (Lipinski definition) is 3. The van der Waals surface area contributed by atoms with Crippen molar-refractivity contribution in [1.82, 2.24) is 5.32 Å². The van der Waals surface area contributed by atoms with E-state index in [0.717, 1.165) is 5.56 Å². The summed E-state index contributed by atoms with van der Waals surface area (Å²) in [6, 6.07) is 35.2. The van der Waals surface area contributed by atoms with Crippen LogP contribution in [0.4, 0.5) is 11.4 Å². The summed E-state index contributed by atoms with van der Waals surface area (Å²) in [7, 11) is 4.56. The summed E-state index contributed by atoms with van der Waals surface area (Å²) in [5.41, 5.74) is 2.65. The summed E-state index contributed by atoms with van der Waals surface area (Å²) in [4.78, 5) is 41.4. The maximum atomic E-state index is 13.8. The van der Waals surface area contributed by atoms with Crippen molar-refractivity contribution in [2.45, 2.75) is 10.1 Å². The van der Waals surface area contributed by atoms with Gasteiger partial charge in [-0.3, -0.25) is 14.4 Å². The summed E-state index contributed by atoms with van der Waals surface area (Å²) in [6.45, 7) is 0. The highest BCUT2D eigenvalue weighted by molar-refractivity contribution is 8.00. The Morgan fingerprint density at radius 2 is 1.38 bits per heavy atom. The zero-order valence-corrected chi connectivity index (χ0v) is 29.0. The fraction of sp³-hybridized carbons (Fsp3) is 0.103. The molecule has 5 aromatic carbocycles. The van der Waals surface area contributed by atoms with E-state index in [4.69, 9.17) is 25.8 Å². The molecule has 11 heteroatoms. The number of halogens is 1. The highest BCUT2D eigenvalue weighted by Gasteiger charge is 2.24. The second kappa shape index (κ2) is 17.1. The summed E-state index contributed by atoms with van der Waals surface area (Å²) < 4.78 is 16.2. The molecule has 3 N–H and O–H groups in total. The van der Waals surface area contributed by atoms with E-state index in [-0.39, 0.29) is 11.6 Å². The first-order valence-electron chi connectivity index (χ1n) is 15.4. The van der Waals surface area contributed by atoms with E-state index in [0.29, 0.717) is 49.7 Å². The van der Waals surface area contributed by atoms with Gasteiger partial charge in [0, 0.05) is 21.2 Å². The summed E-state index contributed by atoms with van der Waals surface area (Å²) in [5, 5.41) is 8.37. The fourth-order valence-electron chi connectivity index (χ4n) is 4.91. The molecule has 0 saturated carbocycles. The lowest BCUT2D eigenvalue weighted by molar-refractivity contribution is -0.116. The molecule has 5 aromatic rings. The number of anilines is 2. The van der Waals surface area contributed by atoms with E-state index in [2.05, 4.69) is 16.0 Å². The molecule has 0 heterocycles. The van der Waals surface area contributed by atoms with Crippen LogP contribution in [0.2, 0.25) is 5.02 Å². The third-order valence-corrected chi connectivity index (χ3v) is 8.84. The van der Waals surface area contributed by atoms with Crippen molar-refractivity contribution in [1.29, 1.82) is 0 Å². The minimum absolute atomic E-state index is 0.00105. The number of carbonyl (C=O) groups excluding carboxylic acids is 3. The molecule has 1 atom stereocenters. The van der Waals surface area contributed by atoms with Crippen LogP contribution < -0.4 is 30.2 Å². The molecule has 0 radical (unpaired) electrons. The summed E-state index contributed by atoms with van der Waals surface area (Å²) in [6.07, 6.45) is 1.55. The molecule has 1 unspecified atom stereocenters. The smallest absolute Gasteiger partial charge is 0.272 e. The van der Waals surface area contributed by atoms with Gasteiger partial charge in [-0.05, 0) is 77.9 Å². The Morgan fingerprint density at radius 1 is 0.700 bits per heavy atom. The lowest BCUT2D eigenvalue weighted by Gasteiger charge is -2.19. The molecular formula is C39H34ClN3O6S. The molecule has 0 saturated heterocycles. The number of amides is 3. The highest BCUT2D eigenvalue weighted by atomic mass is 35.5. The lowest BCUT2D eigenvalue weighted by atomic mass is 10.1. The minimum Gasteiger partial charge on any atom is -0.495 e. The molecule has 254 valence electrons. The van der Waals surface area contributed by atoms with Gasteiger partial charge in [-0.25, -0.2) is 0 Å². The number of thioether (sulfide) groups is 1. The maximum absolute atomic E-state index is 13.8. The molecule has 3 amide bonds. The SMILES string of the molecule is COc1ccc(Cl)cc1NC(=O)C(Sc1cccc(NC(=O)/C(=C\c2ccc(OC)c(OC)c2)NC(=O)c2ccccc2)c1)c1ccccc1. The average Bonchev–Trinajstić information content (AvgIpc) is 3.14. The normalized spacial score (nSPS) is 11.6. The van der Waals surface area contributed by atoms with Gasteiger partial charge in [0.15, 0.2) is 11.5 Å². The average molecular weight is 708 g/mol. The van der Waals surface area contributed by atoms with Crippen LogP contribution in [0.1, 0.15) is 26.7 Å². The van der Waals surface area contributed by atoms with Gasteiger partial charge in [-0.1, -0.05) is 72.3 Å². The molecule has 0 aliphatic heterocycles. The number of rotatable bonds is 13. The second-order valence-corrected chi connectivity index (χ2v) is 12.3. The number of benzene rings is 5. The van der Waals surface area contributed by atoms with Gasteiger partial charge in [-0.15, -0.1) is 11.8 Å². The molecule has 0 spiro atoms. The van der Waals surface area contributed by atoms with Gasteiger partial charge in [-0.2, -0.15) is 0 Å². The highest BCUT2D eigenvalue weighted by Crippen LogP contribution is 2.38. The van der Waals surface area contributed by atoms with Crippen molar-refractivity contribution in [3.63, 3.8) is 0 Å². The lowest BCUT2D eigenvalue weighted by Crippen LogP contribution is -2.30. The van der Waals surface area contributed by atoms with Crippen molar-refractivity contribution < 1.29 is 28.6 Å². The summed E-state index contributed by atoms with van der Waals surface area (Å²) >= 11 is 7.52. The standard InChI is InChI=1S/C39H34ClN3O6S/c1-47-33-20-18-28(40)23-31(33)42-39(46)36(26-11-6-4-7-12-26)50-30-16-10-15-29(24-30)41-38(45)32(43-37(44)27-13-8-5-9-14-27)21-25-17-19-34(48-2)35(22-25)49-3/h4-24,36H,1-3H3,(H,41,45)(H,42,46)(H,43,44)/b32-21+. The van der Waals surface area contributed by atoms with E-state index in [1.165, 1.54) is 33.1 Å². The number of nitrogens with one attached hydrogen (secondary N) is 3. The first-order valence-corrected chi connectivity index (χ1v) is 16.6. The van der Waals surface area contributed by atoms with Crippen molar-refractivity contribution >= 4 is 58.5 Å². The molecule has 9 nitrogen and oxygen atoms in total. The zero-order valence-electron chi connectivity index (χ0n) is 27.4. The van der Waals surface area contributed by atoms with Gasteiger partial charge in [0.1, 0.15) is 16.7 Å². The Kier molecular flexibility index (Phi) is 12.2. The van der Waals surface area contributed by atoms with Crippen LogP contribution in [0.3, 0.4) is 0 Å². The van der Waals surface area contributed by atoms with E-state index >= 15 is 0 Å². The first kappa shape index (κ1) is 35.6. The number of carbonyl (C=O) groups is 3. The zero-order chi connectivity index (χ0) is 35.5. The van der Waals surface area contributed by atoms with Crippen LogP contribution >= 0.6 is 23.4 Å². The Balaban J connectivity index is 1.41. The largest absolute Gasteiger partial charge is 0.495 e. The van der Waals surface area contributed by atoms with E-state index in [1.54, 1.807) is 91.0 Å². The Bertz CT molecular complexity index is 2010. The molecule has 50 heavy (non-hydrogen) atoms. The maximum Gasteiger partial charge on any atom is 0.272 e. The van der Waals surface area contributed by atoms with Gasteiger partial charge < -0.3 is 30.2 Å². The molecule has 0 fully saturated rings. The molecule has 0 bridgehead atoms. The van der Waals surface area contributed by atoms with Gasteiger partial charge in [0.25, 0.3) is 11.8 Å². The van der Waals surface area contributed by atoms with Gasteiger partial charge in [0.05, 0.1) is 27.0 Å². The number of methoxy groups -OCH3 is 3. The minimum atomic E-state index is -0.670. The quantitative estimate of drug-likeness (QED) is 0.0834. The van der Waals surface area contributed by atoms with Crippen LogP contribution in [-0.4, -0.2) is 39.1 Å². The Morgan fingerprint density at radius 3 is 2.08 bits per heavy atom. The predicted octanol–water partition coefficient (Wildman–Crippen LogP) is 8.25. The van der Waals surface area contributed by atoms with Crippen molar-refractivity contribution in [3.05, 3.63) is 149 Å². The first-order chi connectivity index (χ1) is 24.3. The predicted molar refractivity (Wildman–Crippen MR) is 198 cm³/mol. The van der Waals surface area contributed by atoms with Crippen LogP contribution in [0, 0.1) is 0 Å². The van der Waals surface area contributed by atoms with Gasteiger partial charge in [0.2, 0.25) is 5.91 Å². The molecule has 0 aliphatic rings. The third-order valence-electron chi connectivity index (χ3n) is 7.35. The Hall–Kier alpha value is -5.71. The molecule has 0 aliphatic carbocycles. The van der Waals surface area contributed by atoms with E-state index in [9.17, 15) is 14.4 Å².